The van der Waals surface area contributed by atoms with Crippen LogP contribution >= 0.6 is 0 Å². The summed E-state index contributed by atoms with van der Waals surface area (Å²) in [6, 6.07) is 22.3. The summed E-state index contributed by atoms with van der Waals surface area (Å²) in [7, 11) is 0. The Balaban J connectivity index is 1.53. The molecule has 0 radical (unpaired) electrons. The van der Waals surface area contributed by atoms with Gasteiger partial charge in [-0.15, -0.1) is 0 Å². The average Bonchev–Trinajstić information content (AvgIpc) is 3.18. The monoisotopic (exact) mass is 452 g/mol. The van der Waals surface area contributed by atoms with E-state index in [4.69, 9.17) is 4.98 Å². The van der Waals surface area contributed by atoms with Gasteiger partial charge in [-0.3, -0.25) is 0 Å². The van der Waals surface area contributed by atoms with Crippen molar-refractivity contribution in [2.45, 2.75) is 24.8 Å². The molecule has 1 aliphatic rings. The smallest absolute Gasteiger partial charge is 0.405 e. The highest BCUT2D eigenvalue weighted by atomic mass is 19.1. The van der Waals surface area contributed by atoms with Crippen LogP contribution in [0.15, 0.2) is 79.0 Å². The molecule has 0 saturated heterocycles. The van der Waals surface area contributed by atoms with Crippen molar-refractivity contribution in [1.29, 1.82) is 0 Å². The number of aromatic nitrogens is 3. The van der Waals surface area contributed by atoms with Crippen LogP contribution < -0.4 is 5.32 Å². The lowest BCUT2D eigenvalue weighted by Gasteiger charge is -2.42. The number of hydrogen-bond donors (Lipinski definition) is 2. The minimum absolute atomic E-state index is 0.334. The molecule has 34 heavy (non-hydrogen) atoms. The Labute approximate surface area is 194 Å². The molecule has 168 valence electrons. The second-order valence-corrected chi connectivity index (χ2v) is 8.74. The Morgan fingerprint density at radius 2 is 1.76 bits per heavy atom. The van der Waals surface area contributed by atoms with Crippen molar-refractivity contribution in [3.8, 4) is 22.4 Å². The van der Waals surface area contributed by atoms with E-state index in [9.17, 15) is 14.3 Å². The predicted molar refractivity (Wildman–Crippen MR) is 128 cm³/mol. The summed E-state index contributed by atoms with van der Waals surface area (Å²) in [6.07, 6.45) is 3.47. The van der Waals surface area contributed by atoms with Crippen LogP contribution in [0.4, 0.5) is 9.18 Å². The fourth-order valence-electron chi connectivity index (χ4n) is 4.83. The van der Waals surface area contributed by atoms with Gasteiger partial charge in [0.15, 0.2) is 5.65 Å². The van der Waals surface area contributed by atoms with Crippen LogP contribution in [-0.2, 0) is 5.54 Å². The molecule has 2 heterocycles. The molecule has 5 aromatic rings. The highest BCUT2D eigenvalue weighted by Gasteiger charge is 2.40. The first-order valence-electron chi connectivity index (χ1n) is 11.2. The van der Waals surface area contributed by atoms with Crippen molar-refractivity contribution in [2.75, 3.05) is 0 Å². The van der Waals surface area contributed by atoms with Crippen LogP contribution in [0.2, 0.25) is 0 Å². The van der Waals surface area contributed by atoms with Gasteiger partial charge in [0.1, 0.15) is 5.82 Å². The molecule has 1 amide bonds. The number of fused-ring (bicyclic) bond motifs is 3. The zero-order valence-corrected chi connectivity index (χ0v) is 18.2. The van der Waals surface area contributed by atoms with Gasteiger partial charge in [0.05, 0.1) is 16.7 Å². The molecule has 6 nitrogen and oxygen atoms in total. The summed E-state index contributed by atoms with van der Waals surface area (Å²) in [5, 5.41) is 17.2. The van der Waals surface area contributed by atoms with E-state index in [1.807, 2.05) is 60.8 Å². The highest BCUT2D eigenvalue weighted by molar-refractivity contribution is 5.94. The number of benzene rings is 3. The topological polar surface area (TPSA) is 79.5 Å². The Hall–Kier alpha value is -4.26. The Bertz CT molecular complexity index is 1540. The van der Waals surface area contributed by atoms with E-state index in [0.717, 1.165) is 47.2 Å². The maximum Gasteiger partial charge on any atom is 0.405 e. The number of amides is 1. The summed E-state index contributed by atoms with van der Waals surface area (Å²) < 4.78 is 15.7. The Kier molecular flexibility index (Phi) is 4.58. The van der Waals surface area contributed by atoms with Crippen molar-refractivity contribution in [2.24, 2.45) is 0 Å². The first-order valence-corrected chi connectivity index (χ1v) is 11.2. The number of nitrogens with one attached hydrogen (secondary N) is 1. The third-order valence-corrected chi connectivity index (χ3v) is 6.71. The van der Waals surface area contributed by atoms with E-state index in [-0.39, 0.29) is 5.82 Å². The molecule has 2 aromatic heterocycles. The molecule has 0 spiro atoms. The lowest BCUT2D eigenvalue weighted by Crippen LogP contribution is -2.50. The fraction of sp³-hybridized carbons (Fsp3) is 0.148. The van der Waals surface area contributed by atoms with Crippen LogP contribution in [0, 0.1) is 5.82 Å². The van der Waals surface area contributed by atoms with Crippen molar-refractivity contribution < 1.29 is 14.3 Å². The molecule has 3 aromatic carbocycles. The van der Waals surface area contributed by atoms with Crippen molar-refractivity contribution >= 4 is 22.6 Å². The summed E-state index contributed by atoms with van der Waals surface area (Å²) in [5.74, 6) is -0.334. The maximum absolute atomic E-state index is 14.0. The van der Waals surface area contributed by atoms with Gasteiger partial charge in [-0.2, -0.15) is 5.10 Å². The van der Waals surface area contributed by atoms with Crippen molar-refractivity contribution in [3.63, 3.8) is 0 Å². The largest absolute Gasteiger partial charge is 0.465 e. The van der Waals surface area contributed by atoms with Crippen LogP contribution in [0.3, 0.4) is 0 Å². The van der Waals surface area contributed by atoms with E-state index in [1.54, 1.807) is 10.6 Å². The third-order valence-electron chi connectivity index (χ3n) is 6.71. The fourth-order valence-corrected chi connectivity index (χ4v) is 4.83. The number of rotatable bonds is 4. The third kappa shape index (κ3) is 3.28. The van der Waals surface area contributed by atoms with E-state index in [2.05, 4.69) is 10.4 Å². The second kappa shape index (κ2) is 7.66. The average molecular weight is 452 g/mol. The molecule has 0 atom stereocenters. The molecular formula is C27H21FN4O2. The number of hydrogen-bond acceptors (Lipinski definition) is 3. The number of carboxylic acid groups (broad SMARTS) is 1. The summed E-state index contributed by atoms with van der Waals surface area (Å²) >= 11 is 0. The Morgan fingerprint density at radius 3 is 2.44 bits per heavy atom. The standard InChI is InChI=1S/C27H21FN4O2/c28-20-11-12-23-21(15-20)25-29-24(22(16-32(25)31-23)17-5-2-1-3-6-17)18-7-9-19(10-8-18)27(13-4-14-27)30-26(33)34/h1-3,5-12,15-16,30H,4,13-14H2,(H,33,34). The molecule has 2 N–H and O–H groups in total. The van der Waals surface area contributed by atoms with Gasteiger partial charge in [0, 0.05) is 22.7 Å². The van der Waals surface area contributed by atoms with E-state index in [0.29, 0.717) is 16.6 Å². The van der Waals surface area contributed by atoms with Crippen LogP contribution in [0.25, 0.3) is 38.9 Å². The summed E-state index contributed by atoms with van der Waals surface area (Å²) in [4.78, 5) is 16.3. The molecule has 1 saturated carbocycles. The van der Waals surface area contributed by atoms with Gasteiger partial charge in [0.2, 0.25) is 0 Å². The van der Waals surface area contributed by atoms with Gasteiger partial charge in [-0.25, -0.2) is 18.7 Å². The van der Waals surface area contributed by atoms with Crippen LogP contribution in [-0.4, -0.2) is 25.8 Å². The number of carbonyl (C=O) groups is 1. The van der Waals surface area contributed by atoms with E-state index < -0.39 is 11.6 Å². The second-order valence-electron chi connectivity index (χ2n) is 8.74. The van der Waals surface area contributed by atoms with Gasteiger partial charge in [-0.05, 0) is 48.6 Å². The maximum atomic E-state index is 14.0. The van der Waals surface area contributed by atoms with Crippen LogP contribution in [0.5, 0.6) is 0 Å². The SMILES string of the molecule is O=C(O)NC1(c2ccc(-c3nc4c5cc(F)ccc5nn4cc3-c3ccccc3)cc2)CCC1. The lowest BCUT2D eigenvalue weighted by molar-refractivity contribution is 0.144. The zero-order valence-electron chi connectivity index (χ0n) is 18.2. The Morgan fingerprint density at radius 1 is 1.00 bits per heavy atom. The van der Waals surface area contributed by atoms with Gasteiger partial charge in [-0.1, -0.05) is 54.6 Å². The molecule has 1 aliphatic carbocycles. The first-order chi connectivity index (χ1) is 16.5. The van der Waals surface area contributed by atoms with Gasteiger partial charge >= 0.3 is 6.09 Å². The molecule has 0 unspecified atom stereocenters. The highest BCUT2D eigenvalue weighted by Crippen LogP contribution is 2.42. The molecule has 0 aliphatic heterocycles. The first kappa shape index (κ1) is 20.4. The minimum Gasteiger partial charge on any atom is -0.465 e. The number of nitrogens with zero attached hydrogens (tertiary/aromatic N) is 3. The van der Waals surface area contributed by atoms with Gasteiger partial charge in [0.25, 0.3) is 0 Å². The molecule has 7 heteroatoms. The summed E-state index contributed by atoms with van der Waals surface area (Å²) in [6.45, 7) is 0. The zero-order chi connectivity index (χ0) is 23.3. The number of halogens is 1. The quantitative estimate of drug-likeness (QED) is 0.350. The van der Waals surface area contributed by atoms with Crippen molar-refractivity contribution in [1.82, 2.24) is 19.9 Å². The minimum atomic E-state index is -1.01. The summed E-state index contributed by atoms with van der Waals surface area (Å²) in [5.41, 5.74) is 5.21. The van der Waals surface area contributed by atoms with E-state index >= 15 is 0 Å². The molecular weight excluding hydrogens is 431 g/mol. The molecule has 1 fully saturated rings. The normalized spacial score (nSPS) is 14.7. The van der Waals surface area contributed by atoms with Gasteiger partial charge < -0.3 is 10.4 Å². The molecule has 0 bridgehead atoms. The lowest BCUT2D eigenvalue weighted by atomic mass is 9.71. The van der Waals surface area contributed by atoms with E-state index in [1.165, 1.54) is 12.1 Å². The van der Waals surface area contributed by atoms with Crippen LogP contribution in [0.1, 0.15) is 24.8 Å². The molecule has 6 rings (SSSR count). The van der Waals surface area contributed by atoms with Crippen molar-refractivity contribution in [3.05, 3.63) is 90.4 Å². The predicted octanol–water partition coefficient (Wildman–Crippen LogP) is 6.00.